The first-order valence-corrected chi connectivity index (χ1v) is 7.17. The van der Waals surface area contributed by atoms with E-state index in [-0.39, 0.29) is 17.8 Å². The van der Waals surface area contributed by atoms with Crippen molar-refractivity contribution in [1.82, 2.24) is 0 Å². The van der Waals surface area contributed by atoms with E-state index >= 15 is 0 Å². The van der Waals surface area contributed by atoms with Gasteiger partial charge in [-0.05, 0) is 18.9 Å². The molecule has 0 aliphatic carbocycles. The fourth-order valence-electron chi connectivity index (χ4n) is 2.09. The lowest BCUT2D eigenvalue weighted by molar-refractivity contribution is 0.0944. The first-order chi connectivity index (χ1) is 8.49. The Kier molecular flexibility index (Phi) is 3.92. The van der Waals surface area contributed by atoms with Gasteiger partial charge in [-0.1, -0.05) is 13.8 Å². The smallest absolute Gasteiger partial charge is 0.177 e. The van der Waals surface area contributed by atoms with Gasteiger partial charge < -0.3 is 15.7 Å². The summed E-state index contributed by atoms with van der Waals surface area (Å²) in [6.45, 7) is 5.43. The maximum Gasteiger partial charge on any atom is 0.177 e. The summed E-state index contributed by atoms with van der Waals surface area (Å²) in [5.74, 6) is 0.0859. The highest BCUT2D eigenvalue weighted by molar-refractivity contribution is 7.18. The Balaban J connectivity index is 2.16. The molecule has 2 rings (SSSR count). The fourth-order valence-corrected chi connectivity index (χ4v) is 3.31. The summed E-state index contributed by atoms with van der Waals surface area (Å²) in [7, 11) is 0. The molecule has 0 aromatic carbocycles. The highest BCUT2D eigenvalue weighted by atomic mass is 32.1. The Bertz CT molecular complexity index is 434. The zero-order chi connectivity index (χ0) is 13.3. The zero-order valence-corrected chi connectivity index (χ0v) is 11.7. The van der Waals surface area contributed by atoms with Crippen LogP contribution in [0.4, 0.5) is 10.7 Å². The second-order valence-corrected chi connectivity index (χ2v) is 6.14. The number of Topliss-reactive ketones (excluding diaryl/α,β-unsaturated/α-hetero) is 1. The lowest BCUT2D eigenvalue weighted by atomic mass is 10.1. The van der Waals surface area contributed by atoms with Gasteiger partial charge in [0.15, 0.2) is 5.78 Å². The van der Waals surface area contributed by atoms with Gasteiger partial charge in [0.1, 0.15) is 0 Å². The molecule has 0 radical (unpaired) electrons. The molecule has 0 unspecified atom stereocenters. The third-order valence-corrected chi connectivity index (χ3v) is 4.50. The molecule has 0 spiro atoms. The molecule has 1 saturated heterocycles. The largest absolute Gasteiger partial charge is 0.397 e. The molecule has 1 aliphatic heterocycles. The van der Waals surface area contributed by atoms with E-state index in [4.69, 9.17) is 5.73 Å². The van der Waals surface area contributed by atoms with Crippen LogP contribution in [-0.2, 0) is 0 Å². The molecule has 3 N–H and O–H groups in total. The lowest BCUT2D eigenvalue weighted by Crippen LogP contribution is -2.35. The van der Waals surface area contributed by atoms with Crippen molar-refractivity contribution in [2.24, 2.45) is 5.92 Å². The number of carbonyl (C=O) groups is 1. The van der Waals surface area contributed by atoms with E-state index in [0.717, 1.165) is 30.9 Å². The molecule has 2 heterocycles. The van der Waals surface area contributed by atoms with Crippen LogP contribution in [-0.4, -0.2) is 30.1 Å². The summed E-state index contributed by atoms with van der Waals surface area (Å²) in [6.07, 6.45) is 1.38. The Morgan fingerprint density at radius 1 is 1.50 bits per heavy atom. The molecule has 4 nitrogen and oxygen atoms in total. The van der Waals surface area contributed by atoms with Gasteiger partial charge in [0, 0.05) is 19.0 Å². The number of hydrogen-bond acceptors (Lipinski definition) is 5. The molecular weight excluding hydrogens is 248 g/mol. The van der Waals surface area contributed by atoms with Gasteiger partial charge in [0.05, 0.1) is 21.7 Å². The number of hydrogen-bond donors (Lipinski definition) is 2. The van der Waals surface area contributed by atoms with Gasteiger partial charge in [0.25, 0.3) is 0 Å². The molecule has 100 valence electrons. The number of ketones is 1. The quantitative estimate of drug-likeness (QED) is 0.824. The van der Waals surface area contributed by atoms with Crippen molar-refractivity contribution in [3.05, 3.63) is 10.9 Å². The SMILES string of the molecule is CC(C)C(=O)c1sc(N2CCC(O)CC2)cc1N. The van der Waals surface area contributed by atoms with Gasteiger partial charge in [-0.15, -0.1) is 11.3 Å². The molecule has 0 bridgehead atoms. The van der Waals surface area contributed by atoms with E-state index in [1.807, 2.05) is 19.9 Å². The van der Waals surface area contributed by atoms with E-state index in [2.05, 4.69) is 4.90 Å². The van der Waals surface area contributed by atoms with Gasteiger partial charge in [-0.3, -0.25) is 4.79 Å². The highest BCUT2D eigenvalue weighted by Crippen LogP contribution is 2.35. The Labute approximate surface area is 111 Å². The number of aliphatic hydroxyl groups excluding tert-OH is 1. The van der Waals surface area contributed by atoms with Gasteiger partial charge in [0.2, 0.25) is 0 Å². The Morgan fingerprint density at radius 3 is 2.67 bits per heavy atom. The van der Waals surface area contributed by atoms with Crippen LogP contribution in [0.3, 0.4) is 0 Å². The number of nitrogen functional groups attached to an aromatic ring is 1. The van der Waals surface area contributed by atoms with Crippen molar-refractivity contribution >= 4 is 27.8 Å². The maximum atomic E-state index is 12.0. The van der Waals surface area contributed by atoms with Gasteiger partial charge in [-0.2, -0.15) is 0 Å². The summed E-state index contributed by atoms with van der Waals surface area (Å²) >= 11 is 1.47. The molecular formula is C13H20N2O2S. The molecule has 5 heteroatoms. The summed E-state index contributed by atoms with van der Waals surface area (Å²) < 4.78 is 0. The summed E-state index contributed by atoms with van der Waals surface area (Å²) in [5.41, 5.74) is 6.51. The molecule has 1 fully saturated rings. The first kappa shape index (κ1) is 13.4. The fraction of sp³-hybridized carbons (Fsp3) is 0.615. The zero-order valence-electron chi connectivity index (χ0n) is 10.8. The van der Waals surface area contributed by atoms with E-state index in [1.165, 1.54) is 11.3 Å². The summed E-state index contributed by atoms with van der Waals surface area (Å²) in [5, 5.41) is 10.5. The van der Waals surface area contributed by atoms with E-state index < -0.39 is 0 Å². The minimum absolute atomic E-state index is 0.0259. The van der Waals surface area contributed by atoms with Crippen molar-refractivity contribution in [2.75, 3.05) is 23.7 Å². The van der Waals surface area contributed by atoms with Crippen molar-refractivity contribution in [3.63, 3.8) is 0 Å². The normalized spacial score (nSPS) is 17.4. The third-order valence-electron chi connectivity index (χ3n) is 3.27. The summed E-state index contributed by atoms with van der Waals surface area (Å²) in [6, 6.07) is 1.89. The van der Waals surface area contributed by atoms with Crippen LogP contribution < -0.4 is 10.6 Å². The van der Waals surface area contributed by atoms with E-state index in [1.54, 1.807) is 0 Å². The molecule has 0 atom stereocenters. The minimum Gasteiger partial charge on any atom is -0.397 e. The second-order valence-electron chi connectivity index (χ2n) is 5.11. The van der Waals surface area contributed by atoms with Gasteiger partial charge >= 0.3 is 0 Å². The van der Waals surface area contributed by atoms with Crippen LogP contribution in [0, 0.1) is 5.92 Å². The molecule has 0 saturated carbocycles. The van der Waals surface area contributed by atoms with Crippen LogP contribution in [0.1, 0.15) is 36.4 Å². The number of aliphatic hydroxyl groups is 1. The van der Waals surface area contributed by atoms with Gasteiger partial charge in [-0.25, -0.2) is 0 Å². The lowest BCUT2D eigenvalue weighted by Gasteiger charge is -2.30. The van der Waals surface area contributed by atoms with Crippen molar-refractivity contribution in [2.45, 2.75) is 32.8 Å². The Hall–Kier alpha value is -1.07. The number of rotatable bonds is 3. The molecule has 0 amide bonds. The predicted molar refractivity (Wildman–Crippen MR) is 75.4 cm³/mol. The number of thiophene rings is 1. The average molecular weight is 268 g/mol. The maximum absolute atomic E-state index is 12.0. The van der Waals surface area contributed by atoms with E-state index in [9.17, 15) is 9.90 Å². The number of nitrogens with zero attached hydrogens (tertiary/aromatic N) is 1. The van der Waals surface area contributed by atoms with Crippen molar-refractivity contribution in [3.8, 4) is 0 Å². The first-order valence-electron chi connectivity index (χ1n) is 6.35. The predicted octanol–water partition coefficient (Wildman–Crippen LogP) is 2.13. The minimum atomic E-state index is -0.185. The highest BCUT2D eigenvalue weighted by Gasteiger charge is 2.22. The van der Waals surface area contributed by atoms with Crippen LogP contribution >= 0.6 is 11.3 Å². The number of anilines is 2. The van der Waals surface area contributed by atoms with Crippen molar-refractivity contribution < 1.29 is 9.90 Å². The Morgan fingerprint density at radius 2 is 2.11 bits per heavy atom. The number of nitrogens with two attached hydrogens (primary N) is 1. The third kappa shape index (κ3) is 2.67. The molecule has 18 heavy (non-hydrogen) atoms. The van der Waals surface area contributed by atoms with Crippen LogP contribution in [0.2, 0.25) is 0 Å². The average Bonchev–Trinajstić information content (AvgIpc) is 2.71. The number of carbonyl (C=O) groups excluding carboxylic acids is 1. The van der Waals surface area contributed by atoms with Crippen molar-refractivity contribution in [1.29, 1.82) is 0 Å². The molecule has 1 aromatic rings. The summed E-state index contributed by atoms with van der Waals surface area (Å²) in [4.78, 5) is 14.9. The van der Waals surface area contributed by atoms with E-state index in [0.29, 0.717) is 10.6 Å². The topological polar surface area (TPSA) is 66.6 Å². The monoisotopic (exact) mass is 268 g/mol. The van der Waals surface area contributed by atoms with Crippen LogP contribution in [0.5, 0.6) is 0 Å². The second kappa shape index (κ2) is 5.28. The standard InChI is InChI=1S/C13H20N2O2S/c1-8(2)12(17)13-10(14)7-11(18-13)15-5-3-9(16)4-6-15/h7-9,16H,3-6,14H2,1-2H3. The van der Waals surface area contributed by atoms with Crippen LogP contribution in [0.15, 0.2) is 6.07 Å². The molecule has 1 aromatic heterocycles. The number of piperidine rings is 1. The van der Waals surface area contributed by atoms with Crippen LogP contribution in [0.25, 0.3) is 0 Å². The molecule has 1 aliphatic rings.